The van der Waals surface area contributed by atoms with Gasteiger partial charge in [-0.1, -0.05) is 24.3 Å². The quantitative estimate of drug-likeness (QED) is 0.699. The van der Waals surface area contributed by atoms with Crippen molar-refractivity contribution in [2.75, 3.05) is 18.5 Å². The van der Waals surface area contributed by atoms with Crippen LogP contribution in [0.2, 0.25) is 0 Å². The largest absolute Gasteiger partial charge is 0.455 e. The summed E-state index contributed by atoms with van der Waals surface area (Å²) >= 11 is 0. The standard InChI is InChI=1S/C18H19FN2O5S/c1-12-6-5-8-15(13(12)2)21-17(22)11-26-18(23)10-20-27(24,25)16-9-4-3-7-14(16)19/h3-9,20H,10-11H2,1-2H3,(H,21,22). The minimum absolute atomic E-state index is 0.561. The van der Waals surface area contributed by atoms with E-state index in [1.807, 2.05) is 24.6 Å². The van der Waals surface area contributed by atoms with E-state index >= 15 is 0 Å². The number of aryl methyl sites for hydroxylation is 1. The van der Waals surface area contributed by atoms with Crippen LogP contribution in [0, 0.1) is 19.7 Å². The highest BCUT2D eigenvalue weighted by Gasteiger charge is 2.20. The molecule has 0 radical (unpaired) electrons. The van der Waals surface area contributed by atoms with Gasteiger partial charge < -0.3 is 10.1 Å². The van der Waals surface area contributed by atoms with Gasteiger partial charge >= 0.3 is 5.97 Å². The van der Waals surface area contributed by atoms with Gasteiger partial charge in [0.15, 0.2) is 6.61 Å². The molecule has 0 bridgehead atoms. The van der Waals surface area contributed by atoms with Gasteiger partial charge in [0, 0.05) is 5.69 Å². The first-order chi connectivity index (χ1) is 12.7. The summed E-state index contributed by atoms with van der Waals surface area (Å²) in [6.45, 7) is 2.43. The molecule has 0 saturated heterocycles. The van der Waals surface area contributed by atoms with E-state index in [0.29, 0.717) is 5.69 Å². The van der Waals surface area contributed by atoms with Crippen LogP contribution in [-0.4, -0.2) is 33.4 Å². The smallest absolute Gasteiger partial charge is 0.321 e. The zero-order chi connectivity index (χ0) is 20.0. The average Bonchev–Trinajstić information content (AvgIpc) is 2.62. The van der Waals surface area contributed by atoms with Crippen LogP contribution in [0.15, 0.2) is 47.4 Å². The molecular formula is C18H19FN2O5S. The fraction of sp³-hybridized carbons (Fsp3) is 0.222. The molecule has 27 heavy (non-hydrogen) atoms. The van der Waals surface area contributed by atoms with E-state index in [0.717, 1.165) is 23.3 Å². The van der Waals surface area contributed by atoms with Crippen LogP contribution in [0.1, 0.15) is 11.1 Å². The summed E-state index contributed by atoms with van der Waals surface area (Å²) in [5.41, 5.74) is 2.47. The molecule has 2 aromatic rings. The number of carbonyl (C=O) groups excluding carboxylic acids is 2. The van der Waals surface area contributed by atoms with Crippen molar-refractivity contribution >= 4 is 27.6 Å². The predicted molar refractivity (Wildman–Crippen MR) is 97.1 cm³/mol. The number of esters is 1. The van der Waals surface area contributed by atoms with Crippen molar-refractivity contribution in [3.05, 3.63) is 59.4 Å². The lowest BCUT2D eigenvalue weighted by Gasteiger charge is -2.11. The zero-order valence-electron chi connectivity index (χ0n) is 14.8. The maximum atomic E-state index is 13.5. The molecule has 2 rings (SSSR count). The number of anilines is 1. The fourth-order valence-corrected chi connectivity index (χ4v) is 3.21. The second-order valence-electron chi connectivity index (χ2n) is 5.71. The highest BCUT2D eigenvalue weighted by Crippen LogP contribution is 2.17. The molecule has 0 aliphatic rings. The van der Waals surface area contributed by atoms with Crippen molar-refractivity contribution < 1.29 is 27.1 Å². The van der Waals surface area contributed by atoms with Crippen LogP contribution in [0.3, 0.4) is 0 Å². The number of sulfonamides is 1. The van der Waals surface area contributed by atoms with E-state index < -0.39 is 45.8 Å². The number of carbonyl (C=O) groups is 2. The molecule has 0 aromatic heterocycles. The summed E-state index contributed by atoms with van der Waals surface area (Å²) in [5, 5.41) is 2.61. The molecule has 0 spiro atoms. The molecule has 0 saturated carbocycles. The first-order valence-corrected chi connectivity index (χ1v) is 9.45. The first-order valence-electron chi connectivity index (χ1n) is 7.96. The topological polar surface area (TPSA) is 102 Å². The third-order valence-electron chi connectivity index (χ3n) is 3.78. The number of ether oxygens (including phenoxy) is 1. The Morgan fingerprint density at radius 3 is 2.48 bits per heavy atom. The third-order valence-corrected chi connectivity index (χ3v) is 5.21. The first kappa shape index (κ1) is 20.5. The number of benzene rings is 2. The summed E-state index contributed by atoms with van der Waals surface area (Å²) in [5.74, 6) is -2.47. The van der Waals surface area contributed by atoms with Crippen LogP contribution in [0.4, 0.5) is 10.1 Å². The van der Waals surface area contributed by atoms with Crippen molar-refractivity contribution in [3.8, 4) is 0 Å². The number of halogens is 1. The fourth-order valence-electron chi connectivity index (χ4n) is 2.16. The van der Waals surface area contributed by atoms with Crippen LogP contribution in [0.25, 0.3) is 0 Å². The second kappa shape index (κ2) is 8.74. The van der Waals surface area contributed by atoms with Gasteiger partial charge in [0.25, 0.3) is 5.91 Å². The Kier molecular flexibility index (Phi) is 6.65. The molecule has 0 heterocycles. The minimum atomic E-state index is -4.21. The summed E-state index contributed by atoms with van der Waals surface area (Å²) in [6, 6.07) is 10.1. The minimum Gasteiger partial charge on any atom is -0.455 e. The molecule has 1 amide bonds. The molecule has 2 aromatic carbocycles. The Balaban J connectivity index is 1.85. The molecule has 7 nitrogen and oxygen atoms in total. The Morgan fingerprint density at radius 1 is 1.07 bits per heavy atom. The van der Waals surface area contributed by atoms with Crippen molar-refractivity contribution in [2.45, 2.75) is 18.7 Å². The number of rotatable bonds is 7. The van der Waals surface area contributed by atoms with Gasteiger partial charge in [0.2, 0.25) is 10.0 Å². The Hall–Kier alpha value is -2.78. The zero-order valence-corrected chi connectivity index (χ0v) is 15.6. The average molecular weight is 394 g/mol. The van der Waals surface area contributed by atoms with E-state index in [1.54, 1.807) is 12.1 Å². The third kappa shape index (κ3) is 5.60. The lowest BCUT2D eigenvalue weighted by molar-refractivity contribution is -0.146. The van der Waals surface area contributed by atoms with Crippen LogP contribution in [0.5, 0.6) is 0 Å². The van der Waals surface area contributed by atoms with Gasteiger partial charge in [-0.05, 0) is 43.2 Å². The van der Waals surface area contributed by atoms with Gasteiger partial charge in [-0.15, -0.1) is 0 Å². The van der Waals surface area contributed by atoms with Crippen LogP contribution < -0.4 is 10.0 Å². The number of hydrogen-bond acceptors (Lipinski definition) is 5. The van der Waals surface area contributed by atoms with Gasteiger partial charge in [-0.3, -0.25) is 9.59 Å². The summed E-state index contributed by atoms with van der Waals surface area (Å²) in [7, 11) is -4.21. The predicted octanol–water partition coefficient (Wildman–Crippen LogP) is 1.90. The Morgan fingerprint density at radius 2 is 1.78 bits per heavy atom. The lowest BCUT2D eigenvalue weighted by atomic mass is 10.1. The molecule has 2 N–H and O–H groups in total. The highest BCUT2D eigenvalue weighted by molar-refractivity contribution is 7.89. The maximum absolute atomic E-state index is 13.5. The Bertz CT molecular complexity index is 960. The molecule has 144 valence electrons. The van der Waals surface area contributed by atoms with Crippen LogP contribution >= 0.6 is 0 Å². The normalized spacial score (nSPS) is 11.1. The highest BCUT2D eigenvalue weighted by atomic mass is 32.2. The molecule has 0 aliphatic heterocycles. The molecule has 0 unspecified atom stereocenters. The lowest BCUT2D eigenvalue weighted by Crippen LogP contribution is -2.32. The van der Waals surface area contributed by atoms with E-state index in [9.17, 15) is 22.4 Å². The second-order valence-corrected chi connectivity index (χ2v) is 7.45. The molecular weight excluding hydrogens is 375 g/mol. The summed E-state index contributed by atoms with van der Waals surface area (Å²) < 4.78 is 44.1. The number of amides is 1. The molecule has 0 atom stereocenters. The number of hydrogen-bond donors (Lipinski definition) is 2. The van der Waals surface area contributed by atoms with Gasteiger partial charge in [-0.25, -0.2) is 12.8 Å². The van der Waals surface area contributed by atoms with E-state index in [2.05, 4.69) is 5.32 Å². The summed E-state index contributed by atoms with van der Waals surface area (Å²) in [6.07, 6.45) is 0. The van der Waals surface area contributed by atoms with Crippen molar-refractivity contribution in [1.29, 1.82) is 0 Å². The van der Waals surface area contributed by atoms with Crippen molar-refractivity contribution in [2.24, 2.45) is 0 Å². The maximum Gasteiger partial charge on any atom is 0.321 e. The van der Waals surface area contributed by atoms with Crippen LogP contribution in [-0.2, 0) is 24.3 Å². The SMILES string of the molecule is Cc1cccc(NC(=O)COC(=O)CNS(=O)(=O)c2ccccc2F)c1C. The van der Waals surface area contributed by atoms with E-state index in [4.69, 9.17) is 4.74 Å². The van der Waals surface area contributed by atoms with Crippen molar-refractivity contribution in [1.82, 2.24) is 4.72 Å². The van der Waals surface area contributed by atoms with Gasteiger partial charge in [0.05, 0.1) is 0 Å². The van der Waals surface area contributed by atoms with Gasteiger partial charge in [-0.2, -0.15) is 4.72 Å². The molecule has 9 heteroatoms. The van der Waals surface area contributed by atoms with E-state index in [-0.39, 0.29) is 0 Å². The summed E-state index contributed by atoms with van der Waals surface area (Å²) in [4.78, 5) is 23.0. The monoisotopic (exact) mass is 394 g/mol. The van der Waals surface area contributed by atoms with Crippen molar-refractivity contribution in [3.63, 3.8) is 0 Å². The molecule has 0 fully saturated rings. The molecule has 0 aliphatic carbocycles. The number of nitrogens with one attached hydrogen (secondary N) is 2. The Labute approximate surface area is 156 Å². The van der Waals surface area contributed by atoms with E-state index in [1.165, 1.54) is 12.1 Å². The van der Waals surface area contributed by atoms with Gasteiger partial charge in [0.1, 0.15) is 17.3 Å².